The molecule has 2 aliphatic rings. The highest BCUT2D eigenvalue weighted by Crippen LogP contribution is 2.35. The summed E-state index contributed by atoms with van der Waals surface area (Å²) in [5, 5.41) is 0.662. The summed E-state index contributed by atoms with van der Waals surface area (Å²) in [6.45, 7) is 1.31. The lowest BCUT2D eigenvalue weighted by Gasteiger charge is -2.44. The van der Waals surface area contributed by atoms with Crippen LogP contribution in [0, 0.1) is 0 Å². The van der Waals surface area contributed by atoms with Crippen molar-refractivity contribution in [2.24, 2.45) is 5.73 Å². The summed E-state index contributed by atoms with van der Waals surface area (Å²) in [7, 11) is 1.63. The molecule has 2 N–H and O–H groups in total. The van der Waals surface area contributed by atoms with E-state index in [0.29, 0.717) is 24.3 Å². The summed E-state index contributed by atoms with van der Waals surface area (Å²) < 4.78 is 5.22. The van der Waals surface area contributed by atoms with Gasteiger partial charge in [-0.2, -0.15) is 11.8 Å². The number of fused-ring (bicyclic) bond motifs is 1. The minimum absolute atomic E-state index is 0.130. The van der Waals surface area contributed by atoms with Crippen LogP contribution in [0.2, 0.25) is 0 Å². The second kappa shape index (κ2) is 6.78. The molecule has 0 aromatic rings. The highest BCUT2D eigenvalue weighted by Gasteiger charge is 2.36. The summed E-state index contributed by atoms with van der Waals surface area (Å²) in [6.07, 6.45) is 5.32. The summed E-state index contributed by atoms with van der Waals surface area (Å²) in [5.74, 6) is 1.30. The van der Waals surface area contributed by atoms with Crippen molar-refractivity contribution in [2.45, 2.75) is 49.5 Å². The van der Waals surface area contributed by atoms with Crippen LogP contribution >= 0.6 is 11.8 Å². The van der Waals surface area contributed by atoms with Crippen molar-refractivity contribution >= 4 is 17.7 Å². The predicted octanol–water partition coefficient (Wildman–Crippen LogP) is 1.24. The fourth-order valence-electron chi connectivity index (χ4n) is 2.98. The van der Waals surface area contributed by atoms with Crippen LogP contribution in [0.15, 0.2) is 0 Å². The number of carbonyl (C=O) groups is 1. The molecule has 1 aliphatic heterocycles. The fraction of sp³-hybridized carbons (Fsp3) is 0.923. The van der Waals surface area contributed by atoms with E-state index in [2.05, 4.69) is 4.90 Å². The standard InChI is InChI=1S/C13H24N2O2S/c1-17-10(9-14)8-13(16)15-6-7-18-12-5-3-2-4-11(12)15/h10-12H,2-9,14H2,1H3. The minimum Gasteiger partial charge on any atom is -0.380 e. The largest absolute Gasteiger partial charge is 0.380 e. The number of methoxy groups -OCH3 is 1. The number of amides is 1. The van der Waals surface area contributed by atoms with Crippen molar-refractivity contribution in [1.29, 1.82) is 0 Å². The maximum Gasteiger partial charge on any atom is 0.225 e. The molecule has 104 valence electrons. The van der Waals surface area contributed by atoms with E-state index >= 15 is 0 Å². The molecule has 0 radical (unpaired) electrons. The van der Waals surface area contributed by atoms with Gasteiger partial charge in [0.2, 0.25) is 5.91 Å². The van der Waals surface area contributed by atoms with Crippen molar-refractivity contribution in [1.82, 2.24) is 4.90 Å². The zero-order valence-electron chi connectivity index (χ0n) is 11.1. The molecule has 3 atom stereocenters. The van der Waals surface area contributed by atoms with Crippen LogP contribution in [0.25, 0.3) is 0 Å². The minimum atomic E-state index is -0.130. The molecule has 1 aliphatic carbocycles. The van der Waals surface area contributed by atoms with Gasteiger partial charge < -0.3 is 15.4 Å². The van der Waals surface area contributed by atoms with Gasteiger partial charge in [0.1, 0.15) is 0 Å². The van der Waals surface area contributed by atoms with E-state index in [0.717, 1.165) is 12.3 Å². The Bertz CT molecular complexity index is 282. The number of thioether (sulfide) groups is 1. The fourth-order valence-corrected chi connectivity index (χ4v) is 4.42. The molecule has 2 fully saturated rings. The Kier molecular flexibility index (Phi) is 5.33. The van der Waals surface area contributed by atoms with Gasteiger partial charge in [0.05, 0.1) is 12.5 Å². The molecule has 0 aromatic heterocycles. The van der Waals surface area contributed by atoms with Crippen LogP contribution in [0.5, 0.6) is 0 Å². The van der Waals surface area contributed by atoms with Gasteiger partial charge in [-0.25, -0.2) is 0 Å². The van der Waals surface area contributed by atoms with Gasteiger partial charge in [-0.3, -0.25) is 4.79 Å². The first kappa shape index (κ1) is 14.2. The molecule has 4 nitrogen and oxygen atoms in total. The zero-order chi connectivity index (χ0) is 13.0. The second-order valence-electron chi connectivity index (χ2n) is 5.15. The van der Waals surface area contributed by atoms with Crippen molar-refractivity contribution in [2.75, 3.05) is 26.0 Å². The number of hydrogen-bond acceptors (Lipinski definition) is 4. The van der Waals surface area contributed by atoms with E-state index in [1.165, 1.54) is 25.7 Å². The van der Waals surface area contributed by atoms with E-state index in [9.17, 15) is 4.79 Å². The van der Waals surface area contributed by atoms with E-state index in [-0.39, 0.29) is 12.0 Å². The molecule has 1 saturated heterocycles. The Morgan fingerprint density at radius 2 is 2.28 bits per heavy atom. The molecule has 2 rings (SSSR count). The summed E-state index contributed by atoms with van der Waals surface area (Å²) >= 11 is 2.05. The second-order valence-corrected chi connectivity index (χ2v) is 6.49. The highest BCUT2D eigenvalue weighted by molar-refractivity contribution is 8.00. The van der Waals surface area contributed by atoms with Crippen molar-refractivity contribution in [3.8, 4) is 0 Å². The molecular weight excluding hydrogens is 248 g/mol. The van der Waals surface area contributed by atoms with E-state index in [4.69, 9.17) is 10.5 Å². The highest BCUT2D eigenvalue weighted by atomic mass is 32.2. The lowest BCUT2D eigenvalue weighted by Crippen LogP contribution is -2.52. The molecular formula is C13H24N2O2S. The SMILES string of the molecule is COC(CN)CC(=O)N1CCSC2CCCCC21. The van der Waals surface area contributed by atoms with Crippen LogP contribution in [0.1, 0.15) is 32.1 Å². The number of rotatable bonds is 4. The average molecular weight is 272 g/mol. The molecule has 1 saturated carbocycles. The Morgan fingerprint density at radius 3 is 3.00 bits per heavy atom. The number of ether oxygens (including phenoxy) is 1. The van der Waals surface area contributed by atoms with E-state index in [1.54, 1.807) is 7.11 Å². The topological polar surface area (TPSA) is 55.6 Å². The van der Waals surface area contributed by atoms with Crippen LogP contribution in [-0.4, -0.2) is 54.2 Å². The molecule has 0 spiro atoms. The van der Waals surface area contributed by atoms with Gasteiger partial charge in [0.15, 0.2) is 0 Å². The summed E-state index contributed by atoms with van der Waals surface area (Å²) in [6, 6.07) is 0.459. The molecule has 18 heavy (non-hydrogen) atoms. The van der Waals surface area contributed by atoms with Gasteiger partial charge in [0.25, 0.3) is 0 Å². The van der Waals surface area contributed by atoms with Gasteiger partial charge >= 0.3 is 0 Å². The lowest BCUT2D eigenvalue weighted by molar-refractivity contribution is -0.136. The van der Waals surface area contributed by atoms with Crippen molar-refractivity contribution in [3.63, 3.8) is 0 Å². The molecule has 5 heteroatoms. The summed E-state index contributed by atoms with van der Waals surface area (Å²) in [5.41, 5.74) is 5.59. The van der Waals surface area contributed by atoms with Crippen LogP contribution in [-0.2, 0) is 9.53 Å². The third-order valence-corrected chi connectivity index (χ3v) is 5.45. The van der Waals surface area contributed by atoms with Crippen molar-refractivity contribution in [3.05, 3.63) is 0 Å². The molecule has 0 aromatic carbocycles. The monoisotopic (exact) mass is 272 g/mol. The van der Waals surface area contributed by atoms with Crippen LogP contribution < -0.4 is 5.73 Å². The third kappa shape index (κ3) is 3.19. The number of hydrogen-bond donors (Lipinski definition) is 1. The van der Waals surface area contributed by atoms with Crippen LogP contribution in [0.3, 0.4) is 0 Å². The Balaban J connectivity index is 1.95. The van der Waals surface area contributed by atoms with Gasteiger partial charge in [-0.15, -0.1) is 0 Å². The number of nitrogens with zero attached hydrogens (tertiary/aromatic N) is 1. The first-order valence-electron chi connectivity index (χ1n) is 6.90. The van der Waals surface area contributed by atoms with Gasteiger partial charge in [0, 0.05) is 37.2 Å². The Morgan fingerprint density at radius 1 is 1.50 bits per heavy atom. The number of carbonyl (C=O) groups excluding carboxylic acids is 1. The maximum absolute atomic E-state index is 12.4. The zero-order valence-corrected chi connectivity index (χ0v) is 12.0. The van der Waals surface area contributed by atoms with E-state index in [1.807, 2.05) is 11.8 Å². The molecule has 0 bridgehead atoms. The third-order valence-electron chi connectivity index (χ3n) is 4.05. The normalized spacial score (nSPS) is 29.8. The average Bonchev–Trinajstić information content (AvgIpc) is 2.43. The van der Waals surface area contributed by atoms with Crippen LogP contribution in [0.4, 0.5) is 0 Å². The lowest BCUT2D eigenvalue weighted by atomic mass is 9.93. The smallest absolute Gasteiger partial charge is 0.225 e. The van der Waals surface area contributed by atoms with E-state index < -0.39 is 0 Å². The first-order valence-corrected chi connectivity index (χ1v) is 7.95. The summed E-state index contributed by atoms with van der Waals surface area (Å²) in [4.78, 5) is 14.5. The predicted molar refractivity (Wildman–Crippen MR) is 74.7 cm³/mol. The first-order chi connectivity index (χ1) is 8.76. The molecule has 3 unspecified atom stereocenters. The van der Waals surface area contributed by atoms with Gasteiger partial charge in [-0.1, -0.05) is 12.8 Å². The Labute approximate surface area is 114 Å². The maximum atomic E-state index is 12.4. The van der Waals surface area contributed by atoms with Gasteiger partial charge in [-0.05, 0) is 12.8 Å². The van der Waals surface area contributed by atoms with Crippen molar-refractivity contribution < 1.29 is 9.53 Å². The quantitative estimate of drug-likeness (QED) is 0.836. The number of nitrogens with two attached hydrogens (primary N) is 1. The molecule has 1 amide bonds. The molecule has 1 heterocycles. The Hall–Kier alpha value is -0.260.